The number of nitrogens with zero attached hydrogens (tertiary/aromatic N) is 1. The molecular formula is C20H26N4O6S2. The summed E-state index contributed by atoms with van der Waals surface area (Å²) in [6, 6.07) is 2.67. The van der Waals surface area contributed by atoms with Gasteiger partial charge in [-0.2, -0.15) is 0 Å². The molecule has 0 saturated heterocycles. The molecule has 0 aliphatic carbocycles. The number of benzene rings is 1. The molecule has 2 heterocycles. The average molecular weight is 483 g/mol. The lowest BCUT2D eigenvalue weighted by molar-refractivity contribution is -0.122. The highest BCUT2D eigenvalue weighted by Gasteiger charge is 2.29. The van der Waals surface area contributed by atoms with Gasteiger partial charge in [-0.15, -0.1) is 0 Å². The van der Waals surface area contributed by atoms with Crippen molar-refractivity contribution in [1.82, 2.24) is 20.3 Å². The smallest absolute Gasteiger partial charge is 0.324 e. The normalized spacial score (nSPS) is 17.4. The van der Waals surface area contributed by atoms with Crippen molar-refractivity contribution in [1.29, 1.82) is 0 Å². The molecule has 0 saturated carbocycles. The van der Waals surface area contributed by atoms with Gasteiger partial charge in [-0.3, -0.25) is 14.4 Å². The van der Waals surface area contributed by atoms with E-state index in [1.165, 1.54) is 13.1 Å². The fourth-order valence-electron chi connectivity index (χ4n) is 3.54. The second kappa shape index (κ2) is 10.2. The van der Waals surface area contributed by atoms with E-state index in [0.717, 1.165) is 4.90 Å². The van der Waals surface area contributed by atoms with Gasteiger partial charge in [0.15, 0.2) is 5.11 Å². The van der Waals surface area contributed by atoms with Gasteiger partial charge < -0.3 is 20.1 Å². The number of ether oxygens (including phenoxy) is 2. The quantitative estimate of drug-likeness (QED) is 0.496. The van der Waals surface area contributed by atoms with E-state index in [0.29, 0.717) is 37.3 Å². The Bertz CT molecular complexity index is 1040. The van der Waals surface area contributed by atoms with Crippen LogP contribution in [0.2, 0.25) is 0 Å². The third kappa shape index (κ3) is 5.30. The van der Waals surface area contributed by atoms with Crippen molar-refractivity contribution in [3.8, 4) is 11.5 Å². The molecule has 1 aromatic carbocycles. The zero-order valence-corrected chi connectivity index (χ0v) is 19.5. The number of carbonyl (C=O) groups excluding carboxylic acids is 2. The summed E-state index contributed by atoms with van der Waals surface area (Å²) in [5.74, 6) is 0.327. The van der Waals surface area contributed by atoms with E-state index in [1.54, 1.807) is 25.1 Å². The topological polar surface area (TPSA) is 126 Å². The molecule has 0 bridgehead atoms. The Labute approximate surface area is 192 Å². The monoisotopic (exact) mass is 482 g/mol. The number of carbonyl (C=O) groups is 2. The van der Waals surface area contributed by atoms with Crippen LogP contribution in [0.1, 0.15) is 31.2 Å². The SMILES string of the molecule is CCOc1cc2c(cc1S(=O)(=O)NC(=S)NC)C(CCNC(=O)N1CC=CC1=O)CCO2. The summed E-state index contributed by atoms with van der Waals surface area (Å²) in [6.07, 6.45) is 4.19. The number of fused-ring (bicyclic) bond motifs is 1. The van der Waals surface area contributed by atoms with Gasteiger partial charge in [-0.25, -0.2) is 13.2 Å². The molecule has 10 nitrogen and oxygen atoms in total. The Balaban J connectivity index is 1.79. The van der Waals surface area contributed by atoms with Gasteiger partial charge in [0.25, 0.3) is 15.9 Å². The van der Waals surface area contributed by atoms with Gasteiger partial charge in [0.1, 0.15) is 16.4 Å². The first kappa shape index (κ1) is 23.8. The van der Waals surface area contributed by atoms with Crippen molar-refractivity contribution in [2.24, 2.45) is 0 Å². The number of thiocarbonyl (C=S) groups is 1. The minimum Gasteiger partial charge on any atom is -0.493 e. The number of nitrogens with one attached hydrogen (secondary N) is 3. The summed E-state index contributed by atoms with van der Waals surface area (Å²) in [5, 5.41) is 5.29. The van der Waals surface area contributed by atoms with Crippen LogP contribution in [-0.4, -0.2) is 63.7 Å². The Morgan fingerprint density at radius 1 is 1.38 bits per heavy atom. The highest BCUT2D eigenvalue weighted by molar-refractivity contribution is 7.92. The van der Waals surface area contributed by atoms with E-state index >= 15 is 0 Å². The van der Waals surface area contributed by atoms with Crippen LogP contribution in [0, 0.1) is 0 Å². The molecular weight excluding hydrogens is 456 g/mol. The molecule has 1 atom stereocenters. The number of urea groups is 1. The van der Waals surface area contributed by atoms with E-state index in [4.69, 9.17) is 21.7 Å². The number of rotatable bonds is 7. The van der Waals surface area contributed by atoms with E-state index in [-0.39, 0.29) is 40.7 Å². The number of hydrogen-bond donors (Lipinski definition) is 3. The summed E-state index contributed by atoms with van der Waals surface area (Å²) in [5.41, 5.74) is 0.712. The van der Waals surface area contributed by atoms with E-state index in [1.807, 2.05) is 0 Å². The van der Waals surface area contributed by atoms with Crippen molar-refractivity contribution in [2.45, 2.75) is 30.6 Å². The van der Waals surface area contributed by atoms with E-state index < -0.39 is 16.1 Å². The number of imide groups is 1. The van der Waals surface area contributed by atoms with Gasteiger partial charge in [-0.05, 0) is 49.5 Å². The number of sulfonamides is 1. The van der Waals surface area contributed by atoms with Crippen molar-refractivity contribution in [3.63, 3.8) is 0 Å². The molecule has 2 aliphatic heterocycles. The van der Waals surface area contributed by atoms with E-state index in [2.05, 4.69) is 15.4 Å². The third-order valence-electron chi connectivity index (χ3n) is 5.11. The lowest BCUT2D eigenvalue weighted by Crippen LogP contribution is -2.41. The second-order valence-corrected chi connectivity index (χ2v) is 9.22. The molecule has 0 aromatic heterocycles. The van der Waals surface area contributed by atoms with Crippen LogP contribution >= 0.6 is 12.2 Å². The first-order valence-electron chi connectivity index (χ1n) is 10.2. The molecule has 0 radical (unpaired) electrons. The molecule has 0 spiro atoms. The number of hydrogen-bond acceptors (Lipinski definition) is 7. The summed E-state index contributed by atoms with van der Waals surface area (Å²) in [4.78, 5) is 24.9. The average Bonchev–Trinajstić information content (AvgIpc) is 3.19. The van der Waals surface area contributed by atoms with Crippen LogP contribution < -0.4 is 24.8 Å². The minimum absolute atomic E-state index is 0.0355. The van der Waals surface area contributed by atoms with Crippen LogP contribution in [0.25, 0.3) is 0 Å². The van der Waals surface area contributed by atoms with Gasteiger partial charge in [-0.1, -0.05) is 6.08 Å². The van der Waals surface area contributed by atoms with Crippen LogP contribution in [0.4, 0.5) is 4.79 Å². The Morgan fingerprint density at radius 3 is 2.81 bits per heavy atom. The van der Waals surface area contributed by atoms with Gasteiger partial charge in [0.05, 0.1) is 13.2 Å². The van der Waals surface area contributed by atoms with Gasteiger partial charge in [0.2, 0.25) is 0 Å². The maximum Gasteiger partial charge on any atom is 0.324 e. The van der Waals surface area contributed by atoms with Crippen molar-refractivity contribution in [2.75, 3.05) is 33.4 Å². The zero-order chi connectivity index (χ0) is 23.3. The highest BCUT2D eigenvalue weighted by atomic mass is 32.2. The molecule has 3 N–H and O–H groups in total. The molecule has 0 fully saturated rings. The Morgan fingerprint density at radius 2 is 2.16 bits per heavy atom. The molecule has 3 rings (SSSR count). The lowest BCUT2D eigenvalue weighted by atomic mass is 9.90. The predicted molar refractivity (Wildman–Crippen MR) is 121 cm³/mol. The first-order chi connectivity index (χ1) is 15.3. The number of amides is 3. The van der Waals surface area contributed by atoms with Crippen molar-refractivity contribution >= 4 is 39.3 Å². The van der Waals surface area contributed by atoms with Gasteiger partial charge >= 0.3 is 6.03 Å². The molecule has 1 unspecified atom stereocenters. The van der Waals surface area contributed by atoms with E-state index in [9.17, 15) is 18.0 Å². The lowest BCUT2D eigenvalue weighted by Gasteiger charge is -2.28. The fraction of sp³-hybridized carbons (Fsp3) is 0.450. The Hall–Kier alpha value is -2.86. The molecule has 174 valence electrons. The summed E-state index contributed by atoms with van der Waals surface area (Å²) in [7, 11) is -2.47. The Kier molecular flexibility index (Phi) is 7.56. The molecule has 1 aromatic rings. The predicted octanol–water partition coefficient (Wildman–Crippen LogP) is 1.23. The first-order valence-corrected chi connectivity index (χ1v) is 12.1. The van der Waals surface area contributed by atoms with Crippen LogP contribution in [0.15, 0.2) is 29.2 Å². The van der Waals surface area contributed by atoms with Crippen molar-refractivity contribution < 1.29 is 27.5 Å². The zero-order valence-electron chi connectivity index (χ0n) is 17.8. The van der Waals surface area contributed by atoms with Crippen molar-refractivity contribution in [3.05, 3.63) is 29.8 Å². The van der Waals surface area contributed by atoms with Crippen LogP contribution in [-0.2, 0) is 14.8 Å². The molecule has 12 heteroatoms. The standard InChI is InChI=1S/C20H26N4O6S2/c1-3-29-16-12-15-14(11-17(16)32(27,28)23-19(31)21-2)13(7-10-30-15)6-8-22-20(26)24-9-4-5-18(24)25/h4-5,11-13H,3,6-10H2,1-2H3,(H,22,26)(H2,21,23,31). The summed E-state index contributed by atoms with van der Waals surface area (Å²) in [6.45, 7) is 3.07. The highest BCUT2D eigenvalue weighted by Crippen LogP contribution is 2.41. The summed E-state index contributed by atoms with van der Waals surface area (Å²) < 4.78 is 39.4. The fourth-order valence-corrected chi connectivity index (χ4v) is 4.99. The maximum absolute atomic E-state index is 12.9. The van der Waals surface area contributed by atoms with Crippen LogP contribution in [0.5, 0.6) is 11.5 Å². The van der Waals surface area contributed by atoms with Crippen LogP contribution in [0.3, 0.4) is 0 Å². The molecule has 32 heavy (non-hydrogen) atoms. The molecule has 2 aliphatic rings. The maximum atomic E-state index is 12.9. The summed E-state index contributed by atoms with van der Waals surface area (Å²) >= 11 is 4.95. The van der Waals surface area contributed by atoms with Gasteiger partial charge in [0, 0.05) is 32.3 Å². The largest absolute Gasteiger partial charge is 0.493 e. The minimum atomic E-state index is -3.99. The molecule has 3 amide bonds. The third-order valence-corrected chi connectivity index (χ3v) is 6.92. The second-order valence-electron chi connectivity index (χ2n) is 7.16.